The molecule has 0 heterocycles. The Kier molecular flexibility index (Phi) is 5.61. The molecule has 24 heavy (non-hydrogen) atoms. The number of halogens is 1. The number of hydrogen-bond donors (Lipinski definition) is 3. The standard InChI is InChI=1S/C16H17ClN2O4S/c1-10-2-8-13(9-3-10)24(22,23)19-15(14(18)16(20)21)11-4-6-12(17)7-5-11/h2-9,14-15,19H,18H2,1H3,(H,20,21)/t14-,15-/m1/s1. The molecule has 0 aliphatic carbocycles. The lowest BCUT2D eigenvalue weighted by Gasteiger charge is -2.22. The van der Waals surface area contributed by atoms with Crippen molar-refractivity contribution in [1.29, 1.82) is 0 Å². The summed E-state index contributed by atoms with van der Waals surface area (Å²) in [5.74, 6) is -1.32. The zero-order valence-corrected chi connectivity index (χ0v) is 14.4. The molecule has 0 saturated carbocycles. The summed E-state index contributed by atoms with van der Waals surface area (Å²) in [5, 5.41) is 9.63. The molecular weight excluding hydrogens is 352 g/mol. The Morgan fingerprint density at radius 3 is 2.17 bits per heavy atom. The van der Waals surface area contributed by atoms with Crippen LogP contribution in [0.25, 0.3) is 0 Å². The van der Waals surface area contributed by atoms with E-state index in [2.05, 4.69) is 4.72 Å². The molecule has 128 valence electrons. The Bertz CT molecular complexity index is 820. The van der Waals surface area contributed by atoms with E-state index in [9.17, 15) is 18.3 Å². The van der Waals surface area contributed by atoms with Crippen molar-refractivity contribution >= 4 is 27.6 Å². The Morgan fingerprint density at radius 2 is 1.67 bits per heavy atom. The van der Waals surface area contributed by atoms with Crippen molar-refractivity contribution in [2.45, 2.75) is 23.9 Å². The van der Waals surface area contributed by atoms with Gasteiger partial charge in [-0.05, 0) is 36.8 Å². The molecule has 0 bridgehead atoms. The van der Waals surface area contributed by atoms with Crippen LogP contribution in [0.1, 0.15) is 17.2 Å². The van der Waals surface area contributed by atoms with Crippen molar-refractivity contribution in [2.75, 3.05) is 0 Å². The molecule has 0 spiro atoms. The molecule has 0 aliphatic rings. The van der Waals surface area contributed by atoms with Gasteiger partial charge in [0.1, 0.15) is 6.04 Å². The highest BCUT2D eigenvalue weighted by atomic mass is 35.5. The highest BCUT2D eigenvalue weighted by Crippen LogP contribution is 2.22. The number of aryl methyl sites for hydroxylation is 1. The number of carbonyl (C=O) groups is 1. The van der Waals surface area contributed by atoms with Crippen LogP contribution >= 0.6 is 11.6 Å². The van der Waals surface area contributed by atoms with E-state index < -0.39 is 28.1 Å². The number of hydrogen-bond acceptors (Lipinski definition) is 4. The average molecular weight is 369 g/mol. The molecule has 0 aliphatic heterocycles. The maximum Gasteiger partial charge on any atom is 0.322 e. The van der Waals surface area contributed by atoms with Crippen LogP contribution in [0.3, 0.4) is 0 Å². The average Bonchev–Trinajstić information content (AvgIpc) is 2.53. The Labute approximate surface area is 145 Å². The fourth-order valence-electron chi connectivity index (χ4n) is 2.11. The summed E-state index contributed by atoms with van der Waals surface area (Å²) in [6.07, 6.45) is 0. The van der Waals surface area contributed by atoms with E-state index in [1.54, 1.807) is 24.3 Å². The molecule has 2 aromatic carbocycles. The second-order valence-electron chi connectivity index (χ2n) is 5.33. The quantitative estimate of drug-likeness (QED) is 0.723. The molecule has 8 heteroatoms. The third kappa shape index (κ3) is 4.33. The first-order valence-corrected chi connectivity index (χ1v) is 8.89. The van der Waals surface area contributed by atoms with Gasteiger partial charge in [0, 0.05) is 5.02 Å². The van der Waals surface area contributed by atoms with Gasteiger partial charge in [-0.3, -0.25) is 4.79 Å². The van der Waals surface area contributed by atoms with Gasteiger partial charge in [0.05, 0.1) is 10.9 Å². The van der Waals surface area contributed by atoms with Gasteiger partial charge in [-0.25, -0.2) is 13.1 Å². The van der Waals surface area contributed by atoms with Crippen LogP contribution in [0.5, 0.6) is 0 Å². The van der Waals surface area contributed by atoms with Gasteiger partial charge in [-0.2, -0.15) is 0 Å². The van der Waals surface area contributed by atoms with Gasteiger partial charge in [-0.15, -0.1) is 0 Å². The first kappa shape index (κ1) is 18.4. The summed E-state index contributed by atoms with van der Waals surface area (Å²) >= 11 is 5.82. The fraction of sp³-hybridized carbons (Fsp3) is 0.188. The van der Waals surface area contributed by atoms with Crippen molar-refractivity contribution in [3.05, 3.63) is 64.7 Å². The van der Waals surface area contributed by atoms with Crippen molar-refractivity contribution < 1.29 is 18.3 Å². The predicted molar refractivity (Wildman–Crippen MR) is 91.3 cm³/mol. The summed E-state index contributed by atoms with van der Waals surface area (Å²) in [6.45, 7) is 1.83. The molecule has 0 unspecified atom stereocenters. The Morgan fingerprint density at radius 1 is 1.12 bits per heavy atom. The monoisotopic (exact) mass is 368 g/mol. The molecule has 2 aromatic rings. The van der Waals surface area contributed by atoms with Crippen LogP contribution < -0.4 is 10.5 Å². The summed E-state index contributed by atoms with van der Waals surface area (Å²) in [5.41, 5.74) is 7.00. The largest absolute Gasteiger partial charge is 0.480 e. The Balaban J connectivity index is 2.39. The number of aliphatic carboxylic acids is 1. The number of rotatable bonds is 6. The van der Waals surface area contributed by atoms with Gasteiger partial charge >= 0.3 is 5.97 Å². The highest BCUT2D eigenvalue weighted by molar-refractivity contribution is 7.89. The minimum absolute atomic E-state index is 0.0321. The van der Waals surface area contributed by atoms with Crippen LogP contribution in [0, 0.1) is 6.92 Å². The maximum absolute atomic E-state index is 12.5. The van der Waals surface area contributed by atoms with Crippen molar-refractivity contribution in [3.8, 4) is 0 Å². The van der Waals surface area contributed by atoms with E-state index in [1.807, 2.05) is 6.92 Å². The van der Waals surface area contributed by atoms with Crippen LogP contribution in [0.15, 0.2) is 53.4 Å². The molecule has 0 fully saturated rings. The topological polar surface area (TPSA) is 109 Å². The van der Waals surface area contributed by atoms with Gasteiger partial charge in [-0.1, -0.05) is 41.4 Å². The van der Waals surface area contributed by atoms with E-state index in [4.69, 9.17) is 17.3 Å². The molecule has 4 N–H and O–H groups in total. The molecule has 0 amide bonds. The SMILES string of the molecule is Cc1ccc(S(=O)(=O)N[C@H](c2ccc(Cl)cc2)[C@@H](N)C(=O)O)cc1. The summed E-state index contributed by atoms with van der Waals surface area (Å²) in [4.78, 5) is 11.3. The van der Waals surface area contributed by atoms with Crippen LogP contribution in [-0.4, -0.2) is 25.5 Å². The smallest absolute Gasteiger partial charge is 0.322 e. The minimum Gasteiger partial charge on any atom is -0.480 e. The second-order valence-corrected chi connectivity index (χ2v) is 7.48. The zero-order chi connectivity index (χ0) is 17.9. The first-order valence-electron chi connectivity index (χ1n) is 7.03. The van der Waals surface area contributed by atoms with E-state index in [0.717, 1.165) is 5.56 Å². The lowest BCUT2D eigenvalue weighted by atomic mass is 10.0. The van der Waals surface area contributed by atoms with Gasteiger partial charge in [0.25, 0.3) is 0 Å². The molecule has 6 nitrogen and oxygen atoms in total. The molecule has 2 rings (SSSR count). The number of benzene rings is 2. The number of sulfonamides is 1. The number of carboxylic acid groups (broad SMARTS) is 1. The number of carboxylic acids is 1. The van der Waals surface area contributed by atoms with E-state index in [0.29, 0.717) is 10.6 Å². The minimum atomic E-state index is -3.94. The van der Waals surface area contributed by atoms with Crippen LogP contribution in [0.4, 0.5) is 0 Å². The van der Waals surface area contributed by atoms with Crippen LogP contribution in [0.2, 0.25) is 5.02 Å². The lowest BCUT2D eigenvalue weighted by molar-refractivity contribution is -0.139. The van der Waals surface area contributed by atoms with Gasteiger partial charge in [0.2, 0.25) is 10.0 Å². The third-order valence-corrected chi connectivity index (χ3v) is 5.20. The highest BCUT2D eigenvalue weighted by Gasteiger charge is 2.30. The van der Waals surface area contributed by atoms with E-state index in [-0.39, 0.29) is 4.90 Å². The van der Waals surface area contributed by atoms with Crippen molar-refractivity contribution in [1.82, 2.24) is 4.72 Å². The normalized spacial score (nSPS) is 14.1. The Hall–Kier alpha value is -1.93. The molecule has 0 saturated heterocycles. The van der Waals surface area contributed by atoms with E-state index >= 15 is 0 Å². The number of nitrogens with one attached hydrogen (secondary N) is 1. The molecule has 0 radical (unpaired) electrons. The van der Waals surface area contributed by atoms with Crippen molar-refractivity contribution in [2.24, 2.45) is 5.73 Å². The molecular formula is C16H17ClN2O4S. The predicted octanol–water partition coefficient (Wildman–Crippen LogP) is 2.08. The second kappa shape index (κ2) is 7.31. The summed E-state index contributed by atoms with van der Waals surface area (Å²) in [7, 11) is -3.94. The first-order chi connectivity index (χ1) is 11.2. The summed E-state index contributed by atoms with van der Waals surface area (Å²) < 4.78 is 27.4. The lowest BCUT2D eigenvalue weighted by Crippen LogP contribution is -2.45. The zero-order valence-electron chi connectivity index (χ0n) is 12.8. The molecule has 0 aromatic heterocycles. The maximum atomic E-state index is 12.5. The number of nitrogens with two attached hydrogens (primary N) is 1. The summed E-state index contributed by atoms with van der Waals surface area (Å²) in [6, 6.07) is 9.77. The van der Waals surface area contributed by atoms with E-state index in [1.165, 1.54) is 24.3 Å². The van der Waals surface area contributed by atoms with Crippen molar-refractivity contribution in [3.63, 3.8) is 0 Å². The van der Waals surface area contributed by atoms with Gasteiger partial charge in [0.15, 0.2) is 0 Å². The van der Waals surface area contributed by atoms with Gasteiger partial charge < -0.3 is 10.8 Å². The third-order valence-electron chi connectivity index (χ3n) is 3.49. The fourth-order valence-corrected chi connectivity index (χ4v) is 3.49. The van der Waals surface area contributed by atoms with Crippen LogP contribution in [-0.2, 0) is 14.8 Å². The molecule has 2 atom stereocenters.